The molecule has 4 fully saturated rings. The molecular formula is C26H29BrClF2N5O4. The van der Waals surface area contributed by atoms with Gasteiger partial charge in [0.25, 0.3) is 0 Å². The van der Waals surface area contributed by atoms with E-state index in [1.165, 1.54) is 0 Å². The van der Waals surface area contributed by atoms with Crippen molar-refractivity contribution in [3.63, 3.8) is 0 Å². The molecular weight excluding hydrogens is 600 g/mol. The highest BCUT2D eigenvalue weighted by Crippen LogP contribution is 2.50. The standard InChI is InChI=1S/C26H29BrClF2N5O4/c27-18-19(28)22(38-11-16(25(12-31)4-5-25)32-15-2-7-37-10-15)17-21(20(18)30)33-24(34-23(17)36)39-13-26-3-1-6-35(26)9-14(29)8-26/h14-16,32H,1-11,13H2,(H,33,34,36)/t14-,15?,16?,26+/m1/s1. The topological polar surface area (TPSA) is 113 Å². The third-order valence-electron chi connectivity index (χ3n) is 8.56. The van der Waals surface area contributed by atoms with E-state index in [0.29, 0.717) is 26.2 Å². The number of nitrogens with one attached hydrogen (secondary N) is 1. The van der Waals surface area contributed by atoms with E-state index >= 15 is 4.39 Å². The minimum atomic E-state index is -0.926. The summed E-state index contributed by atoms with van der Waals surface area (Å²) < 4.78 is 46.8. The van der Waals surface area contributed by atoms with Gasteiger partial charge in [-0.15, -0.1) is 0 Å². The first-order valence-corrected chi connectivity index (χ1v) is 14.4. The number of aromatic nitrogens is 2. The van der Waals surface area contributed by atoms with Gasteiger partial charge in [-0.25, -0.2) is 8.78 Å². The van der Waals surface area contributed by atoms with E-state index in [4.69, 9.17) is 25.8 Å². The average Bonchev–Trinajstić information content (AvgIpc) is 3.19. The van der Waals surface area contributed by atoms with E-state index in [1.54, 1.807) is 0 Å². The van der Waals surface area contributed by atoms with E-state index < -0.39 is 28.8 Å². The van der Waals surface area contributed by atoms with Crippen LogP contribution in [0.4, 0.5) is 8.78 Å². The van der Waals surface area contributed by atoms with Crippen molar-refractivity contribution in [1.82, 2.24) is 20.2 Å². The van der Waals surface area contributed by atoms with Gasteiger partial charge < -0.3 is 24.6 Å². The van der Waals surface area contributed by atoms with Crippen molar-refractivity contribution in [2.75, 3.05) is 39.5 Å². The molecule has 13 heteroatoms. The largest absolute Gasteiger partial charge is 0.493 e. The number of hydrogen-bond donors (Lipinski definition) is 2. The van der Waals surface area contributed by atoms with Crippen molar-refractivity contribution in [2.45, 2.75) is 62.3 Å². The Morgan fingerprint density at radius 2 is 2.15 bits per heavy atom. The first-order valence-electron chi connectivity index (χ1n) is 13.2. The van der Waals surface area contributed by atoms with Crippen LogP contribution >= 0.6 is 27.5 Å². The summed E-state index contributed by atoms with van der Waals surface area (Å²) in [5.41, 5.74) is -1.25. The molecule has 1 aromatic carbocycles. The molecule has 4 aliphatic rings. The van der Waals surface area contributed by atoms with Crippen LogP contribution in [-0.2, 0) is 4.74 Å². The van der Waals surface area contributed by atoms with Crippen molar-refractivity contribution in [3.05, 3.63) is 15.3 Å². The quantitative estimate of drug-likeness (QED) is 0.393. The first-order chi connectivity index (χ1) is 18.7. The van der Waals surface area contributed by atoms with Crippen LogP contribution in [0.25, 0.3) is 10.9 Å². The molecule has 0 spiro atoms. The Morgan fingerprint density at radius 3 is 2.87 bits per heavy atom. The number of alkyl halides is 1. The number of fused-ring (bicyclic) bond motifs is 2. The van der Waals surface area contributed by atoms with Crippen LogP contribution < -0.4 is 14.8 Å². The van der Waals surface area contributed by atoms with Crippen molar-refractivity contribution >= 4 is 38.4 Å². The molecule has 2 unspecified atom stereocenters. The molecule has 3 aliphatic heterocycles. The molecule has 3 saturated heterocycles. The number of nitrogens with zero attached hydrogens (tertiary/aromatic N) is 4. The Kier molecular flexibility index (Phi) is 7.25. The Morgan fingerprint density at radius 1 is 1.33 bits per heavy atom. The predicted octanol–water partition coefficient (Wildman–Crippen LogP) is 4.28. The fourth-order valence-corrected chi connectivity index (χ4v) is 6.81. The number of rotatable bonds is 9. The Labute approximate surface area is 237 Å². The highest BCUT2D eigenvalue weighted by molar-refractivity contribution is 9.10. The summed E-state index contributed by atoms with van der Waals surface area (Å²) in [7, 11) is 0. The molecule has 1 aliphatic carbocycles. The van der Waals surface area contributed by atoms with Gasteiger partial charge in [-0.2, -0.15) is 15.2 Å². The second-order valence-corrected chi connectivity index (χ2v) is 12.2. The van der Waals surface area contributed by atoms with Gasteiger partial charge in [0.15, 0.2) is 11.6 Å². The maximum Gasteiger partial charge on any atom is 0.320 e. The molecule has 0 bridgehead atoms. The van der Waals surface area contributed by atoms with Gasteiger partial charge in [0.1, 0.15) is 35.3 Å². The maximum atomic E-state index is 15.4. The lowest BCUT2D eigenvalue weighted by molar-refractivity contribution is 0.107. The fourth-order valence-electron chi connectivity index (χ4n) is 6.21. The smallest absolute Gasteiger partial charge is 0.320 e. The van der Waals surface area contributed by atoms with Crippen LogP contribution in [0.1, 0.15) is 38.5 Å². The van der Waals surface area contributed by atoms with Crippen molar-refractivity contribution in [2.24, 2.45) is 5.41 Å². The summed E-state index contributed by atoms with van der Waals surface area (Å²) in [6, 6.07) is 1.96. The highest BCUT2D eigenvalue weighted by atomic mass is 79.9. The third-order valence-corrected chi connectivity index (χ3v) is 9.89. The number of ether oxygens (including phenoxy) is 3. The fraction of sp³-hybridized carbons (Fsp3) is 0.654. The van der Waals surface area contributed by atoms with Gasteiger partial charge in [0, 0.05) is 25.6 Å². The monoisotopic (exact) mass is 627 g/mol. The zero-order valence-corrected chi connectivity index (χ0v) is 23.5. The molecule has 210 valence electrons. The summed E-state index contributed by atoms with van der Waals surface area (Å²) in [5.74, 6) is -1.35. The van der Waals surface area contributed by atoms with E-state index in [0.717, 1.165) is 38.6 Å². The molecule has 39 heavy (non-hydrogen) atoms. The molecule has 0 amide bonds. The lowest BCUT2D eigenvalue weighted by Gasteiger charge is -2.30. The number of aromatic hydroxyl groups is 1. The molecule has 1 saturated carbocycles. The SMILES string of the molecule is N#CC1(C(COc2c(Cl)c(Br)c(F)c3nc(OC[C@@]45CCCN4C[C@H](F)C5)nc(O)c23)NC2CCOC2)CC1. The molecule has 4 heterocycles. The molecule has 1 aromatic heterocycles. The summed E-state index contributed by atoms with van der Waals surface area (Å²) >= 11 is 9.65. The predicted molar refractivity (Wildman–Crippen MR) is 141 cm³/mol. The van der Waals surface area contributed by atoms with E-state index in [1.807, 2.05) is 0 Å². The van der Waals surface area contributed by atoms with Crippen LogP contribution in [0.15, 0.2) is 4.47 Å². The first kappa shape index (κ1) is 27.1. The van der Waals surface area contributed by atoms with Gasteiger partial charge in [0.05, 0.1) is 34.1 Å². The van der Waals surface area contributed by atoms with E-state index in [-0.39, 0.29) is 57.5 Å². The number of halogens is 4. The Bertz CT molecular complexity index is 1320. The van der Waals surface area contributed by atoms with Gasteiger partial charge in [-0.05, 0) is 54.6 Å². The Balaban J connectivity index is 1.27. The second-order valence-electron chi connectivity index (χ2n) is 11.0. The minimum absolute atomic E-state index is 0.00355. The molecule has 2 aromatic rings. The van der Waals surface area contributed by atoms with Crippen molar-refractivity contribution < 1.29 is 28.1 Å². The van der Waals surface area contributed by atoms with Gasteiger partial charge in [-0.3, -0.25) is 4.90 Å². The second kappa shape index (κ2) is 10.4. The van der Waals surface area contributed by atoms with Crippen LogP contribution in [0.2, 0.25) is 5.02 Å². The summed E-state index contributed by atoms with van der Waals surface area (Å²) in [6.45, 7) is 2.54. The van der Waals surface area contributed by atoms with Crippen molar-refractivity contribution in [3.8, 4) is 23.7 Å². The van der Waals surface area contributed by atoms with Crippen LogP contribution in [-0.4, -0.2) is 83.3 Å². The normalized spacial score (nSPS) is 28.4. The van der Waals surface area contributed by atoms with Crippen LogP contribution in [0.5, 0.6) is 17.6 Å². The summed E-state index contributed by atoms with van der Waals surface area (Å²) in [5, 5.41) is 24.0. The van der Waals surface area contributed by atoms with E-state index in [9.17, 15) is 14.8 Å². The van der Waals surface area contributed by atoms with Crippen LogP contribution in [0.3, 0.4) is 0 Å². The minimum Gasteiger partial charge on any atom is -0.493 e. The van der Waals surface area contributed by atoms with Gasteiger partial charge in [-0.1, -0.05) is 11.6 Å². The van der Waals surface area contributed by atoms with Crippen molar-refractivity contribution in [1.29, 1.82) is 5.26 Å². The number of hydrogen-bond acceptors (Lipinski definition) is 9. The van der Waals surface area contributed by atoms with E-state index in [2.05, 4.69) is 42.2 Å². The average molecular weight is 629 g/mol. The highest BCUT2D eigenvalue weighted by Gasteiger charge is 2.51. The molecule has 2 N–H and O–H groups in total. The zero-order chi connectivity index (χ0) is 27.4. The number of nitriles is 1. The van der Waals surface area contributed by atoms with Gasteiger partial charge >= 0.3 is 6.01 Å². The number of benzene rings is 1. The lowest BCUT2D eigenvalue weighted by atomic mass is 9.95. The molecule has 6 rings (SSSR count). The summed E-state index contributed by atoms with van der Waals surface area (Å²) in [6.07, 6.45) is 3.45. The maximum absolute atomic E-state index is 15.4. The summed E-state index contributed by atoms with van der Waals surface area (Å²) in [4.78, 5) is 10.4. The molecule has 9 nitrogen and oxygen atoms in total. The van der Waals surface area contributed by atoms with Crippen LogP contribution in [0, 0.1) is 22.6 Å². The van der Waals surface area contributed by atoms with Gasteiger partial charge in [0.2, 0.25) is 5.88 Å². The lowest BCUT2D eigenvalue weighted by Crippen LogP contribution is -2.47. The zero-order valence-electron chi connectivity index (χ0n) is 21.2. The third kappa shape index (κ3) is 4.90. The molecule has 0 radical (unpaired) electrons. The Hall–Kier alpha value is -2.04. The molecule has 4 atom stereocenters.